The van der Waals surface area contributed by atoms with E-state index in [9.17, 15) is 13.6 Å². The lowest BCUT2D eigenvalue weighted by atomic mass is 10.0. The number of aromatic nitrogens is 2. The number of ether oxygens (including phenoxy) is 2. The molecule has 2 heterocycles. The van der Waals surface area contributed by atoms with E-state index in [-0.39, 0.29) is 23.8 Å². The third kappa shape index (κ3) is 3.70. The molecule has 0 saturated heterocycles. The highest BCUT2D eigenvalue weighted by Crippen LogP contribution is 2.40. The zero-order chi connectivity index (χ0) is 21.6. The molecule has 0 fully saturated rings. The first-order chi connectivity index (χ1) is 14.3. The van der Waals surface area contributed by atoms with Gasteiger partial charge in [0.1, 0.15) is 40.6 Å². The molecule has 1 atom stereocenters. The van der Waals surface area contributed by atoms with Crippen LogP contribution in [-0.4, -0.2) is 40.5 Å². The van der Waals surface area contributed by atoms with Crippen molar-refractivity contribution in [1.82, 2.24) is 13.9 Å². The fraction of sp³-hybridized carbons (Fsp3) is 0.300. The number of aryl methyl sites for hydroxylation is 1. The Hall–Kier alpha value is -2.08. The summed E-state index contributed by atoms with van der Waals surface area (Å²) in [6.07, 6.45) is -0.316. The van der Waals surface area contributed by atoms with E-state index in [1.54, 1.807) is 26.2 Å². The summed E-state index contributed by atoms with van der Waals surface area (Å²) in [5.74, 6) is -0.385. The second-order valence-corrected chi connectivity index (χ2v) is 8.79. The highest BCUT2D eigenvalue weighted by Gasteiger charge is 2.29. The predicted molar refractivity (Wildman–Crippen MR) is 119 cm³/mol. The Kier molecular flexibility index (Phi) is 5.80. The predicted octanol–water partition coefficient (Wildman–Crippen LogP) is 5.07. The number of hydrogen-bond donors (Lipinski definition) is 0. The first-order valence-electron chi connectivity index (χ1n) is 9.12. The van der Waals surface area contributed by atoms with Crippen molar-refractivity contribution in [2.45, 2.75) is 19.4 Å². The average Bonchev–Trinajstić information content (AvgIpc) is 3.02. The van der Waals surface area contributed by atoms with Crippen LogP contribution in [0.25, 0.3) is 11.0 Å². The van der Waals surface area contributed by atoms with Crippen molar-refractivity contribution in [3.8, 4) is 11.5 Å². The van der Waals surface area contributed by atoms with Crippen molar-refractivity contribution in [1.29, 1.82) is 0 Å². The third-order valence-corrected chi connectivity index (χ3v) is 6.63. The van der Waals surface area contributed by atoms with Gasteiger partial charge in [0.05, 0.1) is 17.7 Å². The molecule has 4 rings (SSSR count). The van der Waals surface area contributed by atoms with Gasteiger partial charge in [-0.15, -0.1) is 0 Å². The van der Waals surface area contributed by atoms with Crippen LogP contribution in [0.1, 0.15) is 34.3 Å². The number of hydrogen-bond acceptors (Lipinski definition) is 5. The number of rotatable bonds is 4. The van der Waals surface area contributed by atoms with Gasteiger partial charge >= 0.3 is 0 Å². The minimum Gasteiger partial charge on any atom is -0.493 e. The third-order valence-electron chi connectivity index (χ3n) is 4.85. The SMILES string of the molecule is Cc1nc2c(OC3CCOc4cc(F)cc(F)c43)cc(C(=O)N(C)C)cc2n1SI. The molecule has 30 heavy (non-hydrogen) atoms. The normalized spacial score (nSPS) is 15.6. The van der Waals surface area contributed by atoms with Crippen LogP contribution in [0.3, 0.4) is 0 Å². The van der Waals surface area contributed by atoms with Crippen LogP contribution in [0.4, 0.5) is 8.78 Å². The quantitative estimate of drug-likeness (QED) is 0.429. The smallest absolute Gasteiger partial charge is 0.253 e. The Morgan fingerprint density at radius 2 is 2.10 bits per heavy atom. The Bertz CT molecular complexity index is 1150. The van der Waals surface area contributed by atoms with Crippen LogP contribution in [0.15, 0.2) is 24.3 Å². The lowest BCUT2D eigenvalue weighted by Gasteiger charge is -2.27. The van der Waals surface area contributed by atoms with Crippen molar-refractivity contribution >= 4 is 47.3 Å². The van der Waals surface area contributed by atoms with E-state index < -0.39 is 17.7 Å². The molecule has 1 unspecified atom stereocenters. The van der Waals surface area contributed by atoms with Gasteiger partial charge in [-0.05, 0) is 19.1 Å². The number of amides is 1. The molecule has 158 valence electrons. The molecule has 0 N–H and O–H groups in total. The van der Waals surface area contributed by atoms with Crippen LogP contribution >= 0.6 is 30.3 Å². The molecule has 1 aromatic heterocycles. The molecule has 0 aliphatic carbocycles. The summed E-state index contributed by atoms with van der Waals surface area (Å²) in [6.45, 7) is 2.12. The Labute approximate surface area is 188 Å². The van der Waals surface area contributed by atoms with Crippen molar-refractivity contribution in [2.24, 2.45) is 0 Å². The van der Waals surface area contributed by atoms with Gasteiger partial charge in [0.2, 0.25) is 0 Å². The molecule has 6 nitrogen and oxygen atoms in total. The van der Waals surface area contributed by atoms with Crippen LogP contribution in [0, 0.1) is 18.6 Å². The number of fused-ring (bicyclic) bond motifs is 2. The van der Waals surface area contributed by atoms with Gasteiger partial charge in [-0.25, -0.2) is 13.8 Å². The molecule has 0 spiro atoms. The van der Waals surface area contributed by atoms with Gasteiger partial charge in [-0.3, -0.25) is 8.77 Å². The Morgan fingerprint density at radius 3 is 2.80 bits per heavy atom. The molecular formula is C20H18F2IN3O3S. The van der Waals surface area contributed by atoms with Crippen LogP contribution < -0.4 is 9.47 Å². The Morgan fingerprint density at radius 1 is 1.33 bits per heavy atom. The fourth-order valence-electron chi connectivity index (χ4n) is 3.48. The maximum absolute atomic E-state index is 14.6. The number of carbonyl (C=O) groups is 1. The minimum absolute atomic E-state index is 0.130. The summed E-state index contributed by atoms with van der Waals surface area (Å²) in [5, 5.41) is 0. The zero-order valence-corrected chi connectivity index (χ0v) is 19.4. The second kappa shape index (κ2) is 8.22. The average molecular weight is 545 g/mol. The number of halogens is 3. The summed E-state index contributed by atoms with van der Waals surface area (Å²) >= 11 is 2.14. The molecule has 0 radical (unpaired) electrons. The van der Waals surface area contributed by atoms with Crippen LogP contribution in [0.5, 0.6) is 11.5 Å². The lowest BCUT2D eigenvalue weighted by Crippen LogP contribution is -2.22. The summed E-state index contributed by atoms with van der Waals surface area (Å²) in [7, 11) is 4.77. The van der Waals surface area contributed by atoms with Gasteiger partial charge in [-0.2, -0.15) is 0 Å². The summed E-state index contributed by atoms with van der Waals surface area (Å²) in [4.78, 5) is 18.7. The van der Waals surface area contributed by atoms with Crippen LogP contribution in [0.2, 0.25) is 0 Å². The molecule has 1 aliphatic rings. The number of imidazole rings is 1. The van der Waals surface area contributed by atoms with E-state index in [0.29, 0.717) is 23.3 Å². The number of carbonyl (C=O) groups excluding carboxylic acids is 1. The molecule has 10 heteroatoms. The van der Waals surface area contributed by atoms with Gasteiger partial charge in [0.25, 0.3) is 5.91 Å². The summed E-state index contributed by atoms with van der Waals surface area (Å²) in [6, 6.07) is 5.36. The first-order valence-corrected chi connectivity index (χ1v) is 12.4. The van der Waals surface area contributed by atoms with Gasteiger partial charge in [0.15, 0.2) is 0 Å². The zero-order valence-electron chi connectivity index (χ0n) is 16.4. The molecule has 0 bridgehead atoms. The van der Waals surface area contributed by atoms with Gasteiger partial charge in [-0.1, -0.05) is 0 Å². The van der Waals surface area contributed by atoms with Gasteiger partial charge < -0.3 is 14.4 Å². The monoisotopic (exact) mass is 545 g/mol. The minimum atomic E-state index is -0.726. The largest absolute Gasteiger partial charge is 0.493 e. The highest BCUT2D eigenvalue weighted by atomic mass is 127. The fourth-order valence-corrected chi connectivity index (χ4v) is 5.33. The molecule has 3 aromatic rings. The maximum atomic E-state index is 14.6. The summed E-state index contributed by atoms with van der Waals surface area (Å²) < 4.78 is 41.7. The molecule has 0 saturated carbocycles. The lowest BCUT2D eigenvalue weighted by molar-refractivity contribution is 0.0826. The number of benzene rings is 2. The van der Waals surface area contributed by atoms with Crippen molar-refractivity contribution in [2.75, 3.05) is 20.7 Å². The van der Waals surface area contributed by atoms with Crippen molar-refractivity contribution in [3.63, 3.8) is 0 Å². The van der Waals surface area contributed by atoms with E-state index >= 15 is 0 Å². The molecule has 2 aromatic carbocycles. The topological polar surface area (TPSA) is 56.6 Å². The highest BCUT2D eigenvalue weighted by molar-refractivity contribution is 14.2. The number of nitrogens with zero attached hydrogens (tertiary/aromatic N) is 3. The molecule has 1 aliphatic heterocycles. The van der Waals surface area contributed by atoms with E-state index in [1.165, 1.54) is 14.0 Å². The van der Waals surface area contributed by atoms with E-state index in [0.717, 1.165) is 23.5 Å². The molecular weight excluding hydrogens is 527 g/mol. The Balaban J connectivity index is 1.85. The van der Waals surface area contributed by atoms with Gasteiger partial charge in [0, 0.05) is 68.5 Å². The summed E-state index contributed by atoms with van der Waals surface area (Å²) in [5.41, 5.74) is 1.89. The van der Waals surface area contributed by atoms with Crippen molar-refractivity contribution in [3.05, 3.63) is 52.9 Å². The van der Waals surface area contributed by atoms with E-state index in [1.807, 2.05) is 10.9 Å². The second-order valence-electron chi connectivity index (χ2n) is 7.11. The van der Waals surface area contributed by atoms with Crippen molar-refractivity contribution < 1.29 is 23.0 Å². The maximum Gasteiger partial charge on any atom is 0.253 e. The standard InChI is InChI=1S/C20H18F2IN3O3S/c1-10-24-19-14(26(10)30-23)6-11(20(27)25(2)3)7-17(19)29-15-4-5-28-16-9-12(21)8-13(22)18(15)16/h6-9,15H,4-5H2,1-3H3. The van der Waals surface area contributed by atoms with Crippen LogP contribution in [-0.2, 0) is 0 Å². The molecule has 1 amide bonds. The first kappa shape index (κ1) is 21.2. The van der Waals surface area contributed by atoms with E-state index in [2.05, 4.69) is 26.2 Å². The van der Waals surface area contributed by atoms with E-state index in [4.69, 9.17) is 9.47 Å².